The summed E-state index contributed by atoms with van der Waals surface area (Å²) in [7, 11) is 0. The van der Waals surface area contributed by atoms with Gasteiger partial charge in [0, 0.05) is 16.9 Å². The molecule has 2 aromatic carbocycles. The number of aromatic amines is 1. The van der Waals surface area contributed by atoms with Crippen LogP contribution in [0, 0.1) is 6.92 Å². The molecule has 6 heteroatoms. The minimum atomic E-state index is -0.374. The lowest BCUT2D eigenvalue weighted by molar-refractivity contribution is 0.0526. The van der Waals surface area contributed by atoms with Crippen molar-refractivity contribution in [2.24, 2.45) is 0 Å². The molecule has 1 amide bonds. The largest absolute Gasteiger partial charge is 0.462 e. The predicted molar refractivity (Wildman–Crippen MR) is 115 cm³/mol. The highest BCUT2D eigenvalue weighted by Crippen LogP contribution is 2.42. The van der Waals surface area contributed by atoms with Crippen LogP contribution in [-0.2, 0) is 4.74 Å². The molecule has 3 aromatic rings. The third kappa shape index (κ3) is 3.28. The van der Waals surface area contributed by atoms with E-state index in [4.69, 9.17) is 4.74 Å². The van der Waals surface area contributed by atoms with Crippen LogP contribution in [-0.4, -0.2) is 28.7 Å². The van der Waals surface area contributed by atoms with Crippen molar-refractivity contribution < 1.29 is 14.3 Å². The normalized spacial score (nSPS) is 15.6. The number of nitrogens with zero attached hydrogens (tertiary/aromatic N) is 2. The molecule has 0 bridgehead atoms. The molecule has 0 aliphatic carbocycles. The Morgan fingerprint density at radius 2 is 1.80 bits per heavy atom. The number of aryl methyl sites for hydroxylation is 1. The Bertz CT molecular complexity index is 1080. The van der Waals surface area contributed by atoms with Crippen molar-refractivity contribution in [2.45, 2.75) is 39.7 Å². The Labute approximate surface area is 175 Å². The van der Waals surface area contributed by atoms with Gasteiger partial charge in [0.05, 0.1) is 18.2 Å². The van der Waals surface area contributed by atoms with Crippen molar-refractivity contribution in [2.75, 3.05) is 11.5 Å². The van der Waals surface area contributed by atoms with Crippen molar-refractivity contribution in [1.82, 2.24) is 10.2 Å². The Kier molecular flexibility index (Phi) is 5.16. The maximum Gasteiger partial charge on any atom is 0.338 e. The summed E-state index contributed by atoms with van der Waals surface area (Å²) in [4.78, 5) is 27.0. The summed E-state index contributed by atoms with van der Waals surface area (Å²) < 4.78 is 5.06. The van der Waals surface area contributed by atoms with Gasteiger partial charge >= 0.3 is 5.97 Å². The van der Waals surface area contributed by atoms with Gasteiger partial charge in [0.1, 0.15) is 0 Å². The van der Waals surface area contributed by atoms with Gasteiger partial charge in [0.2, 0.25) is 0 Å². The second kappa shape index (κ2) is 7.78. The molecule has 30 heavy (non-hydrogen) atoms. The van der Waals surface area contributed by atoms with Gasteiger partial charge in [-0.1, -0.05) is 38.1 Å². The Hall–Kier alpha value is -3.41. The Morgan fingerprint density at radius 1 is 1.13 bits per heavy atom. The molecule has 0 fully saturated rings. The molecule has 0 saturated heterocycles. The van der Waals surface area contributed by atoms with E-state index in [-0.39, 0.29) is 17.9 Å². The minimum absolute atomic E-state index is 0.156. The first kappa shape index (κ1) is 19.9. The third-order valence-electron chi connectivity index (χ3n) is 5.52. The van der Waals surface area contributed by atoms with Crippen LogP contribution in [0.4, 0.5) is 5.69 Å². The fourth-order valence-electron chi connectivity index (χ4n) is 3.91. The molecule has 1 aromatic heterocycles. The van der Waals surface area contributed by atoms with Gasteiger partial charge in [-0.3, -0.25) is 14.8 Å². The van der Waals surface area contributed by atoms with Crippen molar-refractivity contribution in [3.63, 3.8) is 0 Å². The van der Waals surface area contributed by atoms with Crippen LogP contribution in [0.1, 0.15) is 76.0 Å². The molecule has 4 rings (SSSR count). The zero-order chi connectivity index (χ0) is 21.4. The number of nitrogens with one attached hydrogen (secondary N) is 1. The van der Waals surface area contributed by atoms with E-state index in [1.807, 2.05) is 6.92 Å². The molecule has 0 saturated carbocycles. The number of ether oxygens (including phenoxy) is 1. The first-order valence-corrected chi connectivity index (χ1v) is 10.2. The second-order valence-corrected chi connectivity index (χ2v) is 7.78. The number of anilines is 1. The molecule has 0 radical (unpaired) electrons. The highest BCUT2D eigenvalue weighted by molar-refractivity contribution is 6.10. The molecule has 1 aliphatic heterocycles. The first-order chi connectivity index (χ1) is 14.4. The Morgan fingerprint density at radius 3 is 2.40 bits per heavy atom. The molecule has 0 unspecified atom stereocenters. The fourth-order valence-corrected chi connectivity index (χ4v) is 3.91. The van der Waals surface area contributed by atoms with Crippen LogP contribution in [0.2, 0.25) is 0 Å². The zero-order valence-corrected chi connectivity index (χ0v) is 17.6. The maximum atomic E-state index is 13.2. The smallest absolute Gasteiger partial charge is 0.338 e. The van der Waals surface area contributed by atoms with E-state index in [0.29, 0.717) is 29.5 Å². The predicted octanol–water partition coefficient (Wildman–Crippen LogP) is 4.77. The van der Waals surface area contributed by atoms with Gasteiger partial charge in [-0.2, -0.15) is 5.10 Å². The topological polar surface area (TPSA) is 75.3 Å². The van der Waals surface area contributed by atoms with E-state index in [1.165, 1.54) is 5.56 Å². The van der Waals surface area contributed by atoms with Crippen LogP contribution < -0.4 is 4.90 Å². The molecule has 0 spiro atoms. The lowest BCUT2D eigenvalue weighted by Crippen LogP contribution is -2.29. The number of H-pyrrole nitrogens is 1. The second-order valence-electron chi connectivity index (χ2n) is 7.78. The SMILES string of the molecule is CCOC(=O)c1ccc(N2C(=O)c3n[nH]c(C)c3[C@H]2c2ccc(C(C)C)cc2)cc1. The average Bonchev–Trinajstić information content (AvgIpc) is 3.26. The molecule has 1 aliphatic rings. The fraction of sp³-hybridized carbons (Fsp3) is 0.292. The lowest BCUT2D eigenvalue weighted by Gasteiger charge is -2.26. The molecule has 154 valence electrons. The maximum absolute atomic E-state index is 13.2. The third-order valence-corrected chi connectivity index (χ3v) is 5.52. The van der Waals surface area contributed by atoms with Crippen molar-refractivity contribution in [1.29, 1.82) is 0 Å². The standard InChI is InChI=1S/C24H25N3O3/c1-5-30-24(29)18-10-12-19(13-11-18)27-22(17-8-6-16(7-9-17)14(2)3)20-15(4)25-26-21(20)23(27)28/h6-14,22H,5H2,1-4H3,(H,25,26)/t22-/m1/s1. The quantitative estimate of drug-likeness (QED) is 0.623. The van der Waals surface area contributed by atoms with Crippen LogP contribution in [0.25, 0.3) is 0 Å². The summed E-state index contributed by atoms with van der Waals surface area (Å²) in [5, 5.41) is 7.20. The highest BCUT2D eigenvalue weighted by atomic mass is 16.5. The number of benzene rings is 2. The van der Waals surface area contributed by atoms with E-state index in [9.17, 15) is 9.59 Å². The summed E-state index contributed by atoms with van der Waals surface area (Å²) in [6.45, 7) is 8.34. The van der Waals surface area contributed by atoms with Crippen LogP contribution in [0.5, 0.6) is 0 Å². The minimum Gasteiger partial charge on any atom is -0.462 e. The first-order valence-electron chi connectivity index (χ1n) is 10.2. The van der Waals surface area contributed by atoms with Gasteiger partial charge in [0.25, 0.3) is 5.91 Å². The lowest BCUT2D eigenvalue weighted by atomic mass is 9.95. The number of fused-ring (bicyclic) bond motifs is 1. The molecule has 6 nitrogen and oxygen atoms in total. The summed E-state index contributed by atoms with van der Waals surface area (Å²) in [5.41, 5.74) is 5.65. The molecular formula is C24H25N3O3. The van der Waals surface area contributed by atoms with Gasteiger partial charge in [-0.25, -0.2) is 4.79 Å². The van der Waals surface area contributed by atoms with Crippen LogP contribution >= 0.6 is 0 Å². The number of carbonyl (C=O) groups is 2. The van der Waals surface area contributed by atoms with Crippen LogP contribution in [0.3, 0.4) is 0 Å². The van der Waals surface area contributed by atoms with Crippen LogP contribution in [0.15, 0.2) is 48.5 Å². The van der Waals surface area contributed by atoms with Crippen molar-refractivity contribution in [3.8, 4) is 0 Å². The number of amides is 1. The summed E-state index contributed by atoms with van der Waals surface area (Å²) in [6, 6.07) is 15.0. The molecule has 1 atom stereocenters. The van der Waals surface area contributed by atoms with Gasteiger partial charge in [0.15, 0.2) is 5.69 Å². The number of hydrogen-bond acceptors (Lipinski definition) is 4. The number of aromatic nitrogens is 2. The van der Waals surface area contributed by atoms with E-state index in [0.717, 1.165) is 16.8 Å². The number of carbonyl (C=O) groups excluding carboxylic acids is 2. The molecule has 2 heterocycles. The van der Waals surface area contributed by atoms with Gasteiger partial charge < -0.3 is 4.74 Å². The zero-order valence-electron chi connectivity index (χ0n) is 17.6. The van der Waals surface area contributed by atoms with E-state index in [2.05, 4.69) is 48.3 Å². The van der Waals surface area contributed by atoms with Crippen molar-refractivity contribution >= 4 is 17.6 Å². The number of hydrogen-bond donors (Lipinski definition) is 1. The average molecular weight is 403 g/mol. The molecular weight excluding hydrogens is 378 g/mol. The summed E-state index contributed by atoms with van der Waals surface area (Å²) in [6.07, 6.45) is 0. The molecule has 1 N–H and O–H groups in total. The highest BCUT2D eigenvalue weighted by Gasteiger charge is 2.42. The van der Waals surface area contributed by atoms with E-state index < -0.39 is 0 Å². The summed E-state index contributed by atoms with van der Waals surface area (Å²) >= 11 is 0. The Balaban J connectivity index is 1.76. The monoisotopic (exact) mass is 403 g/mol. The number of rotatable bonds is 5. The van der Waals surface area contributed by atoms with Gasteiger partial charge in [-0.05, 0) is 55.2 Å². The van der Waals surface area contributed by atoms with Gasteiger partial charge in [-0.15, -0.1) is 0 Å². The summed E-state index contributed by atoms with van der Waals surface area (Å²) in [5.74, 6) is -0.0974. The number of esters is 1. The van der Waals surface area contributed by atoms with E-state index >= 15 is 0 Å². The van der Waals surface area contributed by atoms with Crippen molar-refractivity contribution in [3.05, 3.63) is 82.2 Å². The van der Waals surface area contributed by atoms with E-state index in [1.54, 1.807) is 36.1 Å².